The highest BCUT2D eigenvalue weighted by Gasteiger charge is 2.41. The highest BCUT2D eigenvalue weighted by molar-refractivity contribution is 6.30. The lowest BCUT2D eigenvalue weighted by atomic mass is 10.1. The molecule has 0 radical (unpaired) electrons. The molecule has 1 atom stereocenters. The van der Waals surface area contributed by atoms with Gasteiger partial charge in [0.1, 0.15) is 0 Å². The van der Waals surface area contributed by atoms with Crippen LogP contribution in [0.25, 0.3) is 0 Å². The Bertz CT molecular complexity index is 392. The SMILES string of the molecule is COc1c(F)cc(Cl)cc1[C@H](O)C(F)(F)F. The second-order valence-corrected chi connectivity index (χ2v) is 3.39. The molecule has 0 spiro atoms. The molecular formula is C9H7ClF4O2. The van der Waals surface area contributed by atoms with E-state index in [9.17, 15) is 17.6 Å². The number of methoxy groups -OCH3 is 1. The first-order chi connectivity index (χ1) is 7.27. The van der Waals surface area contributed by atoms with Gasteiger partial charge in [0, 0.05) is 10.6 Å². The number of benzene rings is 1. The summed E-state index contributed by atoms with van der Waals surface area (Å²) < 4.78 is 54.4. The zero-order chi connectivity index (χ0) is 12.5. The van der Waals surface area contributed by atoms with E-state index in [1.165, 1.54) is 0 Å². The van der Waals surface area contributed by atoms with Crippen LogP contribution in [-0.4, -0.2) is 18.4 Å². The molecule has 16 heavy (non-hydrogen) atoms. The molecule has 0 fully saturated rings. The lowest BCUT2D eigenvalue weighted by molar-refractivity contribution is -0.207. The normalized spacial score (nSPS) is 13.7. The lowest BCUT2D eigenvalue weighted by Crippen LogP contribution is -2.21. The van der Waals surface area contributed by atoms with Crippen molar-refractivity contribution < 1.29 is 27.4 Å². The number of alkyl halides is 3. The van der Waals surface area contributed by atoms with Gasteiger partial charge in [-0.2, -0.15) is 13.2 Å². The molecule has 1 aromatic carbocycles. The Morgan fingerprint density at radius 2 is 1.94 bits per heavy atom. The van der Waals surface area contributed by atoms with E-state index in [1.807, 2.05) is 0 Å². The molecule has 1 N–H and O–H groups in total. The molecule has 0 unspecified atom stereocenters. The third-order valence-corrected chi connectivity index (χ3v) is 2.06. The van der Waals surface area contributed by atoms with Gasteiger partial charge in [-0.3, -0.25) is 0 Å². The largest absolute Gasteiger partial charge is 0.493 e. The van der Waals surface area contributed by atoms with E-state index in [4.69, 9.17) is 16.7 Å². The van der Waals surface area contributed by atoms with Crippen molar-refractivity contribution in [3.05, 3.63) is 28.5 Å². The van der Waals surface area contributed by atoms with Gasteiger partial charge in [0.2, 0.25) is 0 Å². The molecule has 0 saturated heterocycles. The van der Waals surface area contributed by atoms with E-state index in [2.05, 4.69) is 4.74 Å². The summed E-state index contributed by atoms with van der Waals surface area (Å²) in [6, 6.07) is 1.61. The number of rotatable bonds is 2. The van der Waals surface area contributed by atoms with Crippen LogP contribution >= 0.6 is 11.6 Å². The van der Waals surface area contributed by atoms with Crippen molar-refractivity contribution in [2.45, 2.75) is 12.3 Å². The van der Waals surface area contributed by atoms with Crippen LogP contribution in [0.2, 0.25) is 5.02 Å². The van der Waals surface area contributed by atoms with Crippen molar-refractivity contribution in [1.29, 1.82) is 0 Å². The summed E-state index contributed by atoms with van der Waals surface area (Å²) in [4.78, 5) is 0. The fourth-order valence-electron chi connectivity index (χ4n) is 1.18. The number of aliphatic hydroxyl groups is 1. The minimum absolute atomic E-state index is 0.253. The van der Waals surface area contributed by atoms with E-state index in [0.717, 1.165) is 19.2 Å². The maximum atomic E-state index is 13.2. The van der Waals surface area contributed by atoms with Crippen molar-refractivity contribution in [2.75, 3.05) is 7.11 Å². The van der Waals surface area contributed by atoms with Gasteiger partial charge < -0.3 is 9.84 Å². The number of aliphatic hydroxyl groups excluding tert-OH is 1. The molecule has 7 heteroatoms. The Morgan fingerprint density at radius 1 is 1.38 bits per heavy atom. The second-order valence-electron chi connectivity index (χ2n) is 2.95. The van der Waals surface area contributed by atoms with Gasteiger partial charge in [-0.25, -0.2) is 4.39 Å². The van der Waals surface area contributed by atoms with Crippen LogP contribution in [0.4, 0.5) is 17.6 Å². The third-order valence-electron chi connectivity index (χ3n) is 1.85. The minimum atomic E-state index is -4.91. The highest BCUT2D eigenvalue weighted by Crippen LogP contribution is 2.39. The van der Waals surface area contributed by atoms with Crippen molar-refractivity contribution in [1.82, 2.24) is 0 Å². The molecule has 0 amide bonds. The fraction of sp³-hybridized carbons (Fsp3) is 0.333. The Labute approximate surface area is 93.4 Å². The molecule has 0 heterocycles. The summed E-state index contributed by atoms with van der Waals surface area (Å²) >= 11 is 5.40. The van der Waals surface area contributed by atoms with Gasteiger partial charge in [-0.1, -0.05) is 11.6 Å². The van der Waals surface area contributed by atoms with Crippen LogP contribution in [0.5, 0.6) is 5.75 Å². The van der Waals surface area contributed by atoms with Crippen LogP contribution in [0.1, 0.15) is 11.7 Å². The third kappa shape index (κ3) is 2.56. The summed E-state index contributed by atoms with van der Waals surface area (Å²) in [6.45, 7) is 0. The number of ether oxygens (including phenoxy) is 1. The van der Waals surface area contributed by atoms with Crippen molar-refractivity contribution in [3.63, 3.8) is 0 Å². The minimum Gasteiger partial charge on any atom is -0.493 e. The smallest absolute Gasteiger partial charge is 0.418 e. The predicted octanol–water partition coefficient (Wildman–Crippen LogP) is 3.08. The Hall–Kier alpha value is -1.01. The predicted molar refractivity (Wildman–Crippen MR) is 49.0 cm³/mol. The molecule has 1 rings (SSSR count). The summed E-state index contributed by atoms with van der Waals surface area (Å²) in [5.41, 5.74) is -0.750. The zero-order valence-corrected chi connectivity index (χ0v) is 8.73. The van der Waals surface area contributed by atoms with Gasteiger partial charge in [0.15, 0.2) is 17.7 Å². The highest BCUT2D eigenvalue weighted by atomic mass is 35.5. The molecule has 0 saturated carbocycles. The molecule has 90 valence electrons. The molecule has 2 nitrogen and oxygen atoms in total. The number of hydrogen-bond donors (Lipinski definition) is 1. The summed E-state index contributed by atoms with van der Waals surface area (Å²) in [7, 11) is 0.999. The van der Waals surface area contributed by atoms with Gasteiger partial charge in [-0.05, 0) is 12.1 Å². The molecule has 0 bridgehead atoms. The summed E-state index contributed by atoms with van der Waals surface area (Å²) in [6.07, 6.45) is -7.75. The van der Waals surface area contributed by atoms with Gasteiger partial charge >= 0.3 is 6.18 Å². The Balaban J connectivity index is 3.31. The average Bonchev–Trinajstić information content (AvgIpc) is 2.14. The first-order valence-corrected chi connectivity index (χ1v) is 4.43. The molecule has 0 aliphatic heterocycles. The molecular weight excluding hydrogens is 252 g/mol. The van der Waals surface area contributed by atoms with Crippen LogP contribution in [-0.2, 0) is 0 Å². The molecule has 1 aromatic rings. The molecule has 0 aliphatic carbocycles. The van der Waals surface area contributed by atoms with Crippen LogP contribution < -0.4 is 4.74 Å². The first kappa shape index (κ1) is 13.1. The lowest BCUT2D eigenvalue weighted by Gasteiger charge is -2.18. The monoisotopic (exact) mass is 258 g/mol. The van der Waals surface area contributed by atoms with E-state index < -0.39 is 29.4 Å². The molecule has 0 aromatic heterocycles. The van der Waals surface area contributed by atoms with E-state index in [1.54, 1.807) is 0 Å². The van der Waals surface area contributed by atoms with Crippen molar-refractivity contribution in [2.24, 2.45) is 0 Å². The number of halogens is 5. The fourth-order valence-corrected chi connectivity index (χ4v) is 1.39. The maximum Gasteiger partial charge on any atom is 0.418 e. The topological polar surface area (TPSA) is 29.5 Å². The zero-order valence-electron chi connectivity index (χ0n) is 7.98. The number of hydrogen-bond acceptors (Lipinski definition) is 2. The quantitative estimate of drug-likeness (QED) is 0.826. The standard InChI is InChI=1S/C9H7ClF4O2/c1-16-7-5(8(15)9(12,13)14)2-4(10)3-6(7)11/h2-3,8,15H,1H3/t8-/m0/s1. The summed E-state index contributed by atoms with van der Waals surface area (Å²) in [5.74, 6) is -1.73. The summed E-state index contributed by atoms with van der Waals surface area (Å²) in [5, 5.41) is 8.73. The van der Waals surface area contributed by atoms with Crippen molar-refractivity contribution >= 4 is 11.6 Å². The first-order valence-electron chi connectivity index (χ1n) is 4.05. The van der Waals surface area contributed by atoms with Gasteiger partial charge in [-0.15, -0.1) is 0 Å². The molecule has 0 aliphatic rings. The van der Waals surface area contributed by atoms with Crippen LogP contribution in [0.3, 0.4) is 0 Å². The Morgan fingerprint density at radius 3 is 2.38 bits per heavy atom. The van der Waals surface area contributed by atoms with Crippen molar-refractivity contribution in [3.8, 4) is 5.75 Å². The van der Waals surface area contributed by atoms with E-state index >= 15 is 0 Å². The van der Waals surface area contributed by atoms with E-state index in [0.29, 0.717) is 0 Å². The maximum absolute atomic E-state index is 13.2. The van der Waals surface area contributed by atoms with E-state index in [-0.39, 0.29) is 5.02 Å². The van der Waals surface area contributed by atoms with Gasteiger partial charge in [0.25, 0.3) is 0 Å². The Kier molecular flexibility index (Phi) is 3.64. The average molecular weight is 259 g/mol. The van der Waals surface area contributed by atoms with Crippen LogP contribution in [0, 0.1) is 5.82 Å². The second kappa shape index (κ2) is 4.47. The van der Waals surface area contributed by atoms with Gasteiger partial charge in [0.05, 0.1) is 7.11 Å². The van der Waals surface area contributed by atoms with Crippen LogP contribution in [0.15, 0.2) is 12.1 Å².